The van der Waals surface area contributed by atoms with Crippen molar-refractivity contribution in [3.8, 4) is 0 Å². The number of carbonyl (C=O) groups is 3. The van der Waals surface area contributed by atoms with Gasteiger partial charge in [0, 0.05) is 18.7 Å². The van der Waals surface area contributed by atoms with E-state index in [1.165, 1.54) is 36.8 Å². The van der Waals surface area contributed by atoms with Crippen LogP contribution in [0.3, 0.4) is 0 Å². The third kappa shape index (κ3) is 7.02. The first-order chi connectivity index (χ1) is 12.8. The number of piperidine rings is 1. The minimum atomic E-state index is -1.82. The Morgan fingerprint density at radius 2 is 1.70 bits per heavy atom. The number of aryl methyl sites for hydroxylation is 2. The molecule has 0 spiro atoms. The zero-order valence-electron chi connectivity index (χ0n) is 15.7. The van der Waals surface area contributed by atoms with Gasteiger partial charge in [0.05, 0.1) is 0 Å². The van der Waals surface area contributed by atoms with Crippen molar-refractivity contribution in [3.63, 3.8) is 0 Å². The molecule has 1 fully saturated rings. The molecule has 7 heteroatoms. The first-order valence-corrected chi connectivity index (χ1v) is 9.45. The molecule has 1 saturated heterocycles. The molecule has 0 bridgehead atoms. The van der Waals surface area contributed by atoms with Crippen molar-refractivity contribution < 1.29 is 24.6 Å². The number of benzene rings is 1. The van der Waals surface area contributed by atoms with Crippen molar-refractivity contribution in [1.29, 1.82) is 0 Å². The summed E-state index contributed by atoms with van der Waals surface area (Å²) in [7, 11) is 0. The van der Waals surface area contributed by atoms with Gasteiger partial charge in [-0.05, 0) is 74.4 Å². The number of aliphatic carboxylic acids is 2. The number of nitrogens with one attached hydrogen (secondary N) is 1. The van der Waals surface area contributed by atoms with Crippen LogP contribution in [0.5, 0.6) is 0 Å². The Morgan fingerprint density at radius 1 is 1.07 bits per heavy atom. The maximum absolute atomic E-state index is 12.1. The number of hydrogen-bond donors (Lipinski definition) is 3. The molecular weight excluding hydrogens is 348 g/mol. The summed E-state index contributed by atoms with van der Waals surface area (Å²) < 4.78 is 0. The van der Waals surface area contributed by atoms with Crippen LogP contribution >= 0.6 is 0 Å². The summed E-state index contributed by atoms with van der Waals surface area (Å²) in [6.07, 6.45) is 6.74. The van der Waals surface area contributed by atoms with Crippen molar-refractivity contribution in [1.82, 2.24) is 4.90 Å². The van der Waals surface area contributed by atoms with Crippen LogP contribution in [0, 0.1) is 5.92 Å². The molecule has 2 aliphatic rings. The summed E-state index contributed by atoms with van der Waals surface area (Å²) >= 11 is 0. The molecule has 1 heterocycles. The topological polar surface area (TPSA) is 107 Å². The molecule has 1 aromatic carbocycles. The molecule has 1 amide bonds. The van der Waals surface area contributed by atoms with Gasteiger partial charge in [-0.15, -0.1) is 0 Å². The summed E-state index contributed by atoms with van der Waals surface area (Å²) in [6, 6.07) is 6.37. The maximum Gasteiger partial charge on any atom is 0.414 e. The van der Waals surface area contributed by atoms with Crippen LogP contribution in [0.15, 0.2) is 18.2 Å². The lowest BCUT2D eigenvalue weighted by molar-refractivity contribution is -0.159. The summed E-state index contributed by atoms with van der Waals surface area (Å²) in [6.45, 7) is 5.50. The molecule has 27 heavy (non-hydrogen) atoms. The minimum absolute atomic E-state index is 0.145. The second-order valence-electron chi connectivity index (χ2n) is 7.27. The van der Waals surface area contributed by atoms with E-state index in [2.05, 4.69) is 29.3 Å². The number of fused-ring (bicyclic) bond motifs is 1. The molecular formula is C20H28N2O5. The van der Waals surface area contributed by atoms with Crippen molar-refractivity contribution in [2.75, 3.05) is 25.0 Å². The monoisotopic (exact) mass is 376 g/mol. The van der Waals surface area contributed by atoms with Gasteiger partial charge in [0.15, 0.2) is 0 Å². The largest absolute Gasteiger partial charge is 0.473 e. The molecule has 1 aliphatic carbocycles. The fourth-order valence-corrected chi connectivity index (χ4v) is 3.42. The Bertz CT molecular complexity index is 669. The number of rotatable bonds is 4. The summed E-state index contributed by atoms with van der Waals surface area (Å²) in [5, 5.41) is 17.8. The van der Waals surface area contributed by atoms with Crippen LogP contribution in [-0.4, -0.2) is 52.6 Å². The van der Waals surface area contributed by atoms with Crippen molar-refractivity contribution in [3.05, 3.63) is 29.3 Å². The molecule has 0 radical (unpaired) electrons. The molecule has 7 nitrogen and oxygen atoms in total. The Labute approximate surface area is 159 Å². The highest BCUT2D eigenvalue weighted by Gasteiger charge is 2.16. The van der Waals surface area contributed by atoms with E-state index >= 15 is 0 Å². The fourth-order valence-electron chi connectivity index (χ4n) is 3.42. The molecule has 0 saturated carbocycles. The Hall–Kier alpha value is -2.41. The van der Waals surface area contributed by atoms with Crippen LogP contribution in [0.2, 0.25) is 0 Å². The first-order valence-electron chi connectivity index (χ1n) is 9.45. The molecule has 0 aromatic heterocycles. The lowest BCUT2D eigenvalue weighted by Gasteiger charge is -2.29. The van der Waals surface area contributed by atoms with Gasteiger partial charge >= 0.3 is 11.9 Å². The second-order valence-corrected chi connectivity index (χ2v) is 7.27. The van der Waals surface area contributed by atoms with Crippen molar-refractivity contribution in [2.24, 2.45) is 5.92 Å². The molecule has 3 N–H and O–H groups in total. The van der Waals surface area contributed by atoms with E-state index < -0.39 is 11.9 Å². The van der Waals surface area contributed by atoms with Gasteiger partial charge in [-0.3, -0.25) is 4.79 Å². The molecule has 0 atom stereocenters. The number of amides is 1. The van der Waals surface area contributed by atoms with Gasteiger partial charge in [-0.25, -0.2) is 9.59 Å². The lowest BCUT2D eigenvalue weighted by atomic mass is 9.99. The van der Waals surface area contributed by atoms with Crippen molar-refractivity contribution in [2.45, 2.75) is 45.4 Å². The zero-order chi connectivity index (χ0) is 19.8. The van der Waals surface area contributed by atoms with E-state index in [1.54, 1.807) is 0 Å². The number of carboxylic acids is 2. The highest BCUT2D eigenvalue weighted by atomic mass is 16.4. The first kappa shape index (κ1) is 20.9. The van der Waals surface area contributed by atoms with E-state index in [4.69, 9.17) is 19.8 Å². The number of likely N-dealkylation sites (tertiary alicyclic amines) is 1. The molecule has 1 aliphatic heterocycles. The molecule has 3 rings (SSSR count). The van der Waals surface area contributed by atoms with Crippen LogP contribution in [0.4, 0.5) is 5.69 Å². The normalized spacial score (nSPS) is 16.8. The predicted octanol–water partition coefficient (Wildman–Crippen LogP) is 2.39. The Kier molecular flexibility index (Phi) is 7.79. The number of nitrogens with zero attached hydrogens (tertiary/aromatic N) is 1. The summed E-state index contributed by atoms with van der Waals surface area (Å²) in [5.41, 5.74) is 3.83. The maximum atomic E-state index is 12.1. The Morgan fingerprint density at radius 3 is 2.33 bits per heavy atom. The SMILES string of the molecule is CC1CCN(CCC(=O)Nc2ccc3c(c2)CCC3)CC1.O=C(O)C(=O)O. The lowest BCUT2D eigenvalue weighted by Crippen LogP contribution is -2.35. The quantitative estimate of drug-likeness (QED) is 0.697. The molecule has 1 aromatic rings. The van der Waals surface area contributed by atoms with Crippen LogP contribution in [-0.2, 0) is 27.2 Å². The van der Waals surface area contributed by atoms with Crippen LogP contribution in [0.1, 0.15) is 43.7 Å². The van der Waals surface area contributed by atoms with Crippen molar-refractivity contribution >= 4 is 23.5 Å². The van der Waals surface area contributed by atoms with E-state index in [9.17, 15) is 4.79 Å². The van der Waals surface area contributed by atoms with Gasteiger partial charge < -0.3 is 20.4 Å². The fraction of sp³-hybridized carbons (Fsp3) is 0.550. The average Bonchev–Trinajstić information content (AvgIpc) is 3.09. The third-order valence-corrected chi connectivity index (χ3v) is 5.10. The zero-order valence-corrected chi connectivity index (χ0v) is 15.7. The molecule has 148 valence electrons. The Balaban J connectivity index is 0.000000380. The van der Waals surface area contributed by atoms with E-state index in [0.29, 0.717) is 6.42 Å². The standard InChI is InChI=1S/C18H26N2O.C2H2O4/c1-14-7-10-20(11-8-14)12-9-18(21)19-17-6-5-15-3-2-4-16(15)13-17;3-1(4)2(5)6/h5-6,13-14H,2-4,7-12H2,1H3,(H,19,21);(H,3,4)(H,5,6). The van der Waals surface area contributed by atoms with E-state index in [-0.39, 0.29) is 5.91 Å². The number of carbonyl (C=O) groups excluding carboxylic acids is 1. The summed E-state index contributed by atoms with van der Waals surface area (Å²) in [5.74, 6) is -2.65. The van der Waals surface area contributed by atoms with Gasteiger partial charge in [-0.2, -0.15) is 0 Å². The van der Waals surface area contributed by atoms with E-state index in [1.807, 2.05) is 6.07 Å². The highest BCUT2D eigenvalue weighted by Crippen LogP contribution is 2.25. The summed E-state index contributed by atoms with van der Waals surface area (Å²) in [4.78, 5) is 32.7. The average molecular weight is 376 g/mol. The predicted molar refractivity (Wildman–Crippen MR) is 102 cm³/mol. The smallest absolute Gasteiger partial charge is 0.414 e. The van der Waals surface area contributed by atoms with Crippen LogP contribution < -0.4 is 5.32 Å². The number of hydrogen-bond acceptors (Lipinski definition) is 4. The molecule has 0 unspecified atom stereocenters. The number of anilines is 1. The highest BCUT2D eigenvalue weighted by molar-refractivity contribution is 6.27. The second kappa shape index (κ2) is 10.1. The van der Waals surface area contributed by atoms with E-state index in [0.717, 1.165) is 37.7 Å². The third-order valence-electron chi connectivity index (χ3n) is 5.10. The minimum Gasteiger partial charge on any atom is -0.473 e. The van der Waals surface area contributed by atoms with Gasteiger partial charge in [-0.1, -0.05) is 13.0 Å². The van der Waals surface area contributed by atoms with Gasteiger partial charge in [0.2, 0.25) is 5.91 Å². The van der Waals surface area contributed by atoms with Gasteiger partial charge in [0.25, 0.3) is 0 Å². The van der Waals surface area contributed by atoms with Gasteiger partial charge in [0.1, 0.15) is 0 Å². The van der Waals surface area contributed by atoms with Crippen LogP contribution in [0.25, 0.3) is 0 Å². The number of carboxylic acid groups (broad SMARTS) is 2.